The quantitative estimate of drug-likeness (QED) is 0.106. The highest BCUT2D eigenvalue weighted by Gasteiger charge is 2.17. The third-order valence-corrected chi connectivity index (χ3v) is 7.68. The molecule has 6 aromatic rings. The van der Waals surface area contributed by atoms with E-state index in [0.717, 1.165) is 19.0 Å². The highest BCUT2D eigenvalue weighted by molar-refractivity contribution is 5.85. The Morgan fingerprint density at radius 1 is 0.674 bits per heavy atom. The second-order valence-electron chi connectivity index (χ2n) is 10.7. The first-order valence-corrected chi connectivity index (χ1v) is 14.7. The molecule has 1 unspecified atom stereocenters. The number of phenolic OH excluding ortho intramolecular Hbond substituents is 3. The monoisotopic (exact) mass is 637 g/mol. The molecule has 236 valence electrons. The standard InChI is InChI=1S/C23H25N.C15H10O6.ClH/c1-19(20-11-5-2-6-12-20)24-18-17-23(21-13-7-3-8-14-21)22-15-9-4-10-16-22;16-8-2-3-9-12(6-8)21-15(14(20)13(9)19)7-1-4-10(17)11(18)5-7;/h2-16,19,23-24H,17-18H2,1H3;1-6,16-18,20H;1H. The molecule has 5 N–H and O–H groups in total. The highest BCUT2D eigenvalue weighted by Crippen LogP contribution is 2.35. The molecule has 46 heavy (non-hydrogen) atoms. The summed E-state index contributed by atoms with van der Waals surface area (Å²) in [5.41, 5.74) is 3.77. The number of hydrogen-bond acceptors (Lipinski definition) is 7. The van der Waals surface area contributed by atoms with Crippen molar-refractivity contribution in [3.63, 3.8) is 0 Å². The lowest BCUT2D eigenvalue weighted by molar-refractivity contribution is 0.403. The summed E-state index contributed by atoms with van der Waals surface area (Å²) in [6, 6.07) is 40.3. The minimum absolute atomic E-state index is 0. The largest absolute Gasteiger partial charge is 0.508 e. The van der Waals surface area contributed by atoms with Crippen LogP contribution in [0.2, 0.25) is 0 Å². The van der Waals surface area contributed by atoms with Crippen molar-refractivity contribution in [3.8, 4) is 34.3 Å². The van der Waals surface area contributed by atoms with Crippen LogP contribution in [0, 0.1) is 0 Å². The molecule has 0 aliphatic carbocycles. The fraction of sp³-hybridized carbons (Fsp3) is 0.132. The van der Waals surface area contributed by atoms with Crippen molar-refractivity contribution >= 4 is 23.4 Å². The number of benzene rings is 5. The van der Waals surface area contributed by atoms with Crippen LogP contribution in [0.25, 0.3) is 22.3 Å². The third kappa shape index (κ3) is 8.07. The molecular weight excluding hydrogens is 602 g/mol. The molecule has 7 nitrogen and oxygen atoms in total. The molecule has 0 amide bonds. The van der Waals surface area contributed by atoms with Crippen LogP contribution in [0.1, 0.15) is 42.0 Å². The lowest BCUT2D eigenvalue weighted by Crippen LogP contribution is -2.21. The van der Waals surface area contributed by atoms with E-state index >= 15 is 0 Å². The predicted octanol–water partition coefficient (Wildman–Crippen LogP) is 8.26. The summed E-state index contributed by atoms with van der Waals surface area (Å²) in [5, 5.41) is 42.0. The van der Waals surface area contributed by atoms with E-state index in [9.17, 15) is 25.2 Å². The zero-order valence-corrected chi connectivity index (χ0v) is 26.0. The normalized spacial score (nSPS) is 11.3. The average Bonchev–Trinajstić information content (AvgIpc) is 3.07. The fourth-order valence-electron chi connectivity index (χ4n) is 5.23. The van der Waals surface area contributed by atoms with Crippen LogP contribution in [0.3, 0.4) is 0 Å². The summed E-state index contributed by atoms with van der Waals surface area (Å²) in [4.78, 5) is 12.1. The van der Waals surface area contributed by atoms with Gasteiger partial charge in [-0.05, 0) is 66.9 Å². The molecule has 0 aliphatic heterocycles. The smallest absolute Gasteiger partial charge is 0.235 e. The van der Waals surface area contributed by atoms with Gasteiger partial charge in [0.15, 0.2) is 17.3 Å². The zero-order chi connectivity index (χ0) is 31.8. The van der Waals surface area contributed by atoms with E-state index in [4.69, 9.17) is 4.42 Å². The maximum absolute atomic E-state index is 12.1. The fourth-order valence-corrected chi connectivity index (χ4v) is 5.23. The topological polar surface area (TPSA) is 123 Å². The van der Waals surface area contributed by atoms with Crippen LogP contribution in [-0.2, 0) is 0 Å². The van der Waals surface area contributed by atoms with Gasteiger partial charge < -0.3 is 30.2 Å². The predicted molar refractivity (Wildman–Crippen MR) is 184 cm³/mol. The molecule has 6 rings (SSSR count). The lowest BCUT2D eigenvalue weighted by Gasteiger charge is -2.20. The maximum Gasteiger partial charge on any atom is 0.235 e. The first-order chi connectivity index (χ1) is 21.8. The van der Waals surface area contributed by atoms with Crippen LogP contribution >= 0.6 is 12.4 Å². The second kappa shape index (κ2) is 15.7. The molecule has 0 spiro atoms. The molecule has 0 radical (unpaired) electrons. The summed E-state index contributed by atoms with van der Waals surface area (Å²) < 4.78 is 5.43. The minimum atomic E-state index is -0.654. The van der Waals surface area contributed by atoms with Gasteiger partial charge in [0.25, 0.3) is 0 Å². The van der Waals surface area contributed by atoms with Gasteiger partial charge in [-0.25, -0.2) is 0 Å². The van der Waals surface area contributed by atoms with Crippen LogP contribution in [0.15, 0.2) is 137 Å². The molecule has 0 saturated heterocycles. The van der Waals surface area contributed by atoms with Crippen LogP contribution < -0.4 is 10.7 Å². The Bertz CT molecular complexity index is 1870. The lowest BCUT2D eigenvalue weighted by atomic mass is 9.88. The maximum atomic E-state index is 12.1. The van der Waals surface area contributed by atoms with E-state index in [1.807, 2.05) is 0 Å². The van der Waals surface area contributed by atoms with Crippen molar-refractivity contribution in [1.82, 2.24) is 5.32 Å². The van der Waals surface area contributed by atoms with Gasteiger partial charge in [-0.15, -0.1) is 12.4 Å². The summed E-state index contributed by atoms with van der Waals surface area (Å²) in [6.07, 6.45) is 1.09. The first-order valence-electron chi connectivity index (χ1n) is 14.7. The summed E-state index contributed by atoms with van der Waals surface area (Å²) in [5.74, 6) is -1.17. The molecule has 0 saturated carbocycles. The van der Waals surface area contributed by atoms with Crippen molar-refractivity contribution in [1.29, 1.82) is 0 Å². The van der Waals surface area contributed by atoms with E-state index < -0.39 is 16.9 Å². The molecule has 0 fully saturated rings. The third-order valence-electron chi connectivity index (χ3n) is 7.68. The number of aromatic hydroxyl groups is 4. The van der Waals surface area contributed by atoms with Crippen LogP contribution in [0.4, 0.5) is 0 Å². The Labute approximate surface area is 273 Å². The van der Waals surface area contributed by atoms with Gasteiger partial charge >= 0.3 is 0 Å². The van der Waals surface area contributed by atoms with E-state index in [1.165, 1.54) is 47.0 Å². The molecule has 0 aliphatic rings. The van der Waals surface area contributed by atoms with Gasteiger partial charge in [-0.1, -0.05) is 91.0 Å². The number of fused-ring (bicyclic) bond motifs is 1. The van der Waals surface area contributed by atoms with Gasteiger partial charge in [0.2, 0.25) is 11.2 Å². The van der Waals surface area contributed by atoms with E-state index in [2.05, 4.69) is 103 Å². The van der Waals surface area contributed by atoms with Gasteiger partial charge in [0, 0.05) is 23.6 Å². The van der Waals surface area contributed by atoms with Crippen molar-refractivity contribution < 1.29 is 24.8 Å². The van der Waals surface area contributed by atoms with E-state index in [1.54, 1.807) is 0 Å². The van der Waals surface area contributed by atoms with Crippen molar-refractivity contribution in [3.05, 3.63) is 154 Å². The van der Waals surface area contributed by atoms with E-state index in [0.29, 0.717) is 12.0 Å². The summed E-state index contributed by atoms with van der Waals surface area (Å²) in [7, 11) is 0. The Hall–Kier alpha value is -5.24. The molecule has 1 heterocycles. The molecule has 5 aromatic carbocycles. The number of rotatable bonds is 8. The number of hydrogen-bond donors (Lipinski definition) is 5. The number of halogens is 1. The van der Waals surface area contributed by atoms with Crippen molar-refractivity contribution in [2.24, 2.45) is 0 Å². The molecule has 1 atom stereocenters. The number of phenols is 3. The van der Waals surface area contributed by atoms with Crippen LogP contribution in [-0.4, -0.2) is 27.0 Å². The van der Waals surface area contributed by atoms with Crippen LogP contribution in [0.5, 0.6) is 23.0 Å². The van der Waals surface area contributed by atoms with Gasteiger partial charge in [0.1, 0.15) is 11.3 Å². The van der Waals surface area contributed by atoms with Crippen molar-refractivity contribution in [2.75, 3.05) is 6.54 Å². The minimum Gasteiger partial charge on any atom is -0.508 e. The Morgan fingerprint density at radius 3 is 1.80 bits per heavy atom. The van der Waals surface area contributed by atoms with Gasteiger partial charge in [0.05, 0.1) is 5.39 Å². The average molecular weight is 638 g/mol. The zero-order valence-electron chi connectivity index (χ0n) is 25.2. The Morgan fingerprint density at radius 2 is 1.24 bits per heavy atom. The van der Waals surface area contributed by atoms with Gasteiger partial charge in [-0.2, -0.15) is 0 Å². The highest BCUT2D eigenvalue weighted by atomic mass is 35.5. The van der Waals surface area contributed by atoms with E-state index in [-0.39, 0.29) is 46.2 Å². The molecule has 1 aromatic heterocycles. The molecular formula is C38H36ClNO6. The SMILES string of the molecule is CC(NCCC(c1ccccc1)c1ccccc1)c1ccccc1.Cl.O=c1c(O)c(-c2ccc(O)c(O)c2)oc2cc(O)ccc12. The summed E-state index contributed by atoms with van der Waals surface area (Å²) >= 11 is 0. The van der Waals surface area contributed by atoms with Crippen molar-refractivity contribution in [2.45, 2.75) is 25.3 Å². The molecule has 0 bridgehead atoms. The van der Waals surface area contributed by atoms with Gasteiger partial charge in [-0.3, -0.25) is 4.79 Å². The Kier molecular flexibility index (Phi) is 11.5. The first kappa shape index (κ1) is 33.6. The number of nitrogens with one attached hydrogen (secondary N) is 1. The Balaban J connectivity index is 0.000000206. The second-order valence-corrected chi connectivity index (χ2v) is 10.7. The molecule has 8 heteroatoms. The summed E-state index contributed by atoms with van der Waals surface area (Å²) in [6.45, 7) is 3.22.